The maximum Gasteiger partial charge on any atom is 0.0986 e. The molecule has 1 aliphatic carbocycles. The Morgan fingerprint density at radius 3 is 2.86 bits per heavy atom. The molecule has 0 aromatic carbocycles. The van der Waals surface area contributed by atoms with Crippen LogP contribution in [0.5, 0.6) is 0 Å². The van der Waals surface area contributed by atoms with Gasteiger partial charge < -0.3 is 19.5 Å². The molecule has 4 heteroatoms. The van der Waals surface area contributed by atoms with Gasteiger partial charge in [-0.25, -0.2) is 0 Å². The summed E-state index contributed by atoms with van der Waals surface area (Å²) in [6.07, 6.45) is 2.82. The van der Waals surface area contributed by atoms with Gasteiger partial charge in [0, 0.05) is 19.8 Å². The Labute approximate surface area is 84.9 Å². The molecule has 1 N–H and O–H groups in total. The monoisotopic (exact) mass is 201 g/mol. The molecule has 14 heavy (non-hydrogen) atoms. The summed E-state index contributed by atoms with van der Waals surface area (Å²) in [6.45, 7) is 1.58. The number of methoxy groups -OCH3 is 1. The molecule has 0 amide bonds. The maximum atomic E-state index is 5.89. The average Bonchev–Trinajstić information content (AvgIpc) is 2.64. The Kier molecular flexibility index (Phi) is 3.38. The van der Waals surface area contributed by atoms with Gasteiger partial charge >= 0.3 is 0 Å². The summed E-state index contributed by atoms with van der Waals surface area (Å²) in [7, 11) is 3.71. The van der Waals surface area contributed by atoms with Crippen molar-refractivity contribution in [2.24, 2.45) is 0 Å². The topological polar surface area (TPSA) is 39.7 Å². The van der Waals surface area contributed by atoms with Crippen LogP contribution in [0, 0.1) is 0 Å². The SMILES string of the molecule is CNC1CC(OC2CCOC2)C1OC. The molecule has 2 aliphatic rings. The fourth-order valence-electron chi connectivity index (χ4n) is 2.18. The van der Waals surface area contributed by atoms with Crippen molar-refractivity contribution in [3.8, 4) is 0 Å². The minimum atomic E-state index is 0.209. The average molecular weight is 201 g/mol. The van der Waals surface area contributed by atoms with Crippen LogP contribution in [0.25, 0.3) is 0 Å². The zero-order valence-corrected chi connectivity index (χ0v) is 8.86. The molecule has 2 rings (SSSR count). The van der Waals surface area contributed by atoms with E-state index >= 15 is 0 Å². The second kappa shape index (κ2) is 4.57. The van der Waals surface area contributed by atoms with Crippen LogP contribution in [-0.2, 0) is 14.2 Å². The molecule has 4 nitrogen and oxygen atoms in total. The Bertz CT molecular complexity index is 182. The van der Waals surface area contributed by atoms with Crippen molar-refractivity contribution in [2.75, 3.05) is 27.4 Å². The van der Waals surface area contributed by atoms with Gasteiger partial charge in [0.15, 0.2) is 0 Å². The third-order valence-corrected chi connectivity index (χ3v) is 3.15. The van der Waals surface area contributed by atoms with E-state index in [1.165, 1.54) is 0 Å². The van der Waals surface area contributed by atoms with Crippen molar-refractivity contribution in [2.45, 2.75) is 37.2 Å². The zero-order valence-electron chi connectivity index (χ0n) is 8.86. The van der Waals surface area contributed by atoms with Crippen LogP contribution in [0.4, 0.5) is 0 Å². The van der Waals surface area contributed by atoms with E-state index in [4.69, 9.17) is 14.2 Å². The quantitative estimate of drug-likeness (QED) is 0.703. The van der Waals surface area contributed by atoms with Gasteiger partial charge in [-0.15, -0.1) is 0 Å². The maximum absolute atomic E-state index is 5.89. The summed E-state index contributed by atoms with van der Waals surface area (Å²) in [5.41, 5.74) is 0. The Balaban J connectivity index is 1.76. The van der Waals surface area contributed by atoms with Gasteiger partial charge in [0.25, 0.3) is 0 Å². The van der Waals surface area contributed by atoms with Gasteiger partial charge in [-0.2, -0.15) is 0 Å². The van der Waals surface area contributed by atoms with Gasteiger partial charge in [-0.3, -0.25) is 0 Å². The highest BCUT2D eigenvalue weighted by Gasteiger charge is 2.42. The van der Waals surface area contributed by atoms with Crippen molar-refractivity contribution in [1.29, 1.82) is 0 Å². The van der Waals surface area contributed by atoms with Crippen molar-refractivity contribution in [3.63, 3.8) is 0 Å². The minimum absolute atomic E-state index is 0.209. The van der Waals surface area contributed by atoms with Gasteiger partial charge in [0.2, 0.25) is 0 Å². The first kappa shape index (κ1) is 10.4. The molecule has 0 aromatic heterocycles. The van der Waals surface area contributed by atoms with E-state index in [9.17, 15) is 0 Å². The molecule has 4 atom stereocenters. The lowest BCUT2D eigenvalue weighted by atomic mass is 9.85. The summed E-state index contributed by atoms with van der Waals surface area (Å²) in [5.74, 6) is 0. The highest BCUT2D eigenvalue weighted by atomic mass is 16.6. The molecule has 0 bridgehead atoms. The number of hydrogen-bond acceptors (Lipinski definition) is 4. The van der Waals surface area contributed by atoms with Crippen molar-refractivity contribution >= 4 is 0 Å². The first-order valence-electron chi connectivity index (χ1n) is 5.28. The van der Waals surface area contributed by atoms with Gasteiger partial charge in [0.05, 0.1) is 24.9 Å². The number of ether oxygens (including phenoxy) is 3. The minimum Gasteiger partial charge on any atom is -0.379 e. The molecule has 82 valence electrons. The van der Waals surface area contributed by atoms with E-state index in [1.54, 1.807) is 7.11 Å². The molecule has 1 saturated carbocycles. The molecule has 0 radical (unpaired) electrons. The number of hydrogen-bond donors (Lipinski definition) is 1. The second-order valence-corrected chi connectivity index (χ2v) is 3.99. The summed E-state index contributed by atoms with van der Waals surface area (Å²) in [4.78, 5) is 0. The van der Waals surface area contributed by atoms with Crippen molar-refractivity contribution in [1.82, 2.24) is 5.32 Å². The standard InChI is InChI=1S/C10H19NO3/c1-11-8-5-9(10(8)12-2)14-7-3-4-13-6-7/h7-11H,3-6H2,1-2H3. The highest BCUT2D eigenvalue weighted by Crippen LogP contribution is 2.29. The van der Waals surface area contributed by atoms with Crippen molar-refractivity contribution < 1.29 is 14.2 Å². The third-order valence-electron chi connectivity index (χ3n) is 3.15. The first-order valence-corrected chi connectivity index (χ1v) is 5.28. The van der Waals surface area contributed by atoms with E-state index in [-0.39, 0.29) is 18.3 Å². The fourth-order valence-corrected chi connectivity index (χ4v) is 2.18. The fraction of sp³-hybridized carbons (Fsp3) is 1.00. The molecule has 1 saturated heterocycles. The molecule has 1 aliphatic heterocycles. The number of likely N-dealkylation sites (N-methyl/N-ethyl adjacent to an activating group) is 1. The normalized spacial score (nSPS) is 42.4. The van der Waals surface area contributed by atoms with Crippen LogP contribution in [-0.4, -0.2) is 51.7 Å². The molecule has 4 unspecified atom stereocenters. The summed E-state index contributed by atoms with van der Waals surface area (Å²) >= 11 is 0. The summed E-state index contributed by atoms with van der Waals surface area (Å²) in [6, 6.07) is 0.451. The van der Waals surface area contributed by atoms with Crippen LogP contribution < -0.4 is 5.32 Å². The Morgan fingerprint density at radius 1 is 1.43 bits per heavy atom. The van der Waals surface area contributed by atoms with E-state index in [0.29, 0.717) is 6.04 Å². The van der Waals surface area contributed by atoms with Crippen LogP contribution in [0.15, 0.2) is 0 Å². The van der Waals surface area contributed by atoms with Gasteiger partial charge in [-0.05, 0) is 19.9 Å². The lowest BCUT2D eigenvalue weighted by Gasteiger charge is -2.44. The van der Waals surface area contributed by atoms with Crippen LogP contribution in [0.2, 0.25) is 0 Å². The highest BCUT2D eigenvalue weighted by molar-refractivity contribution is 4.97. The summed E-state index contributed by atoms with van der Waals surface area (Å²) < 4.78 is 16.5. The van der Waals surface area contributed by atoms with E-state index in [2.05, 4.69) is 5.32 Å². The lowest BCUT2D eigenvalue weighted by Crippen LogP contribution is -2.59. The van der Waals surface area contributed by atoms with Gasteiger partial charge in [-0.1, -0.05) is 0 Å². The first-order chi connectivity index (χ1) is 6.85. The predicted octanol–water partition coefficient (Wildman–Crippen LogP) is 0.167. The smallest absolute Gasteiger partial charge is 0.0986 e. The van der Waals surface area contributed by atoms with E-state index in [1.807, 2.05) is 7.05 Å². The lowest BCUT2D eigenvalue weighted by molar-refractivity contribution is -0.155. The molecule has 1 heterocycles. The van der Waals surface area contributed by atoms with Crippen LogP contribution >= 0.6 is 0 Å². The van der Waals surface area contributed by atoms with E-state index < -0.39 is 0 Å². The summed E-state index contributed by atoms with van der Waals surface area (Å²) in [5, 5.41) is 3.22. The molecule has 0 aromatic rings. The molecular formula is C10H19NO3. The third kappa shape index (κ3) is 1.93. The Morgan fingerprint density at radius 2 is 2.29 bits per heavy atom. The number of nitrogens with one attached hydrogen (secondary N) is 1. The molecular weight excluding hydrogens is 182 g/mol. The molecule has 0 spiro atoms. The second-order valence-electron chi connectivity index (χ2n) is 3.99. The molecule has 2 fully saturated rings. The van der Waals surface area contributed by atoms with E-state index in [0.717, 1.165) is 26.1 Å². The predicted molar refractivity (Wildman–Crippen MR) is 52.4 cm³/mol. The number of rotatable bonds is 4. The van der Waals surface area contributed by atoms with Crippen LogP contribution in [0.1, 0.15) is 12.8 Å². The Hall–Kier alpha value is -0.160. The van der Waals surface area contributed by atoms with Gasteiger partial charge in [0.1, 0.15) is 0 Å². The largest absolute Gasteiger partial charge is 0.379 e. The zero-order chi connectivity index (χ0) is 9.97. The van der Waals surface area contributed by atoms with Crippen LogP contribution in [0.3, 0.4) is 0 Å². The van der Waals surface area contributed by atoms with Crippen molar-refractivity contribution in [3.05, 3.63) is 0 Å².